The number of carbonyl (C=O) groups excluding carboxylic acids is 1. The van der Waals surface area contributed by atoms with E-state index in [-0.39, 0.29) is 18.3 Å². The van der Waals surface area contributed by atoms with Gasteiger partial charge < -0.3 is 14.6 Å². The second-order valence-corrected chi connectivity index (χ2v) is 5.15. The number of hydrogen-bond donors (Lipinski definition) is 1. The van der Waals surface area contributed by atoms with Crippen LogP contribution in [0.25, 0.3) is 0 Å². The third-order valence-corrected chi connectivity index (χ3v) is 3.78. The van der Waals surface area contributed by atoms with Gasteiger partial charge in [0.1, 0.15) is 23.4 Å². The maximum absolute atomic E-state index is 12.9. The van der Waals surface area contributed by atoms with Gasteiger partial charge >= 0.3 is 0 Å². The molecule has 1 heterocycles. The molecular formula is C17H16FNO4. The van der Waals surface area contributed by atoms with E-state index in [1.54, 1.807) is 31.4 Å². The van der Waals surface area contributed by atoms with Crippen LogP contribution in [0.1, 0.15) is 0 Å². The number of anilines is 1. The van der Waals surface area contributed by atoms with Gasteiger partial charge in [0.2, 0.25) is 0 Å². The van der Waals surface area contributed by atoms with E-state index in [1.807, 2.05) is 0 Å². The molecule has 0 radical (unpaired) electrons. The van der Waals surface area contributed by atoms with Crippen LogP contribution in [0.2, 0.25) is 0 Å². The lowest BCUT2D eigenvalue weighted by Gasteiger charge is -2.45. The zero-order valence-electron chi connectivity index (χ0n) is 12.5. The second kappa shape index (κ2) is 6.26. The van der Waals surface area contributed by atoms with Crippen molar-refractivity contribution in [1.29, 1.82) is 0 Å². The highest BCUT2D eigenvalue weighted by molar-refractivity contribution is 6.05. The Bertz CT molecular complexity index is 687. The van der Waals surface area contributed by atoms with Crippen LogP contribution in [0.15, 0.2) is 48.5 Å². The van der Waals surface area contributed by atoms with Crippen LogP contribution >= 0.6 is 0 Å². The first kappa shape index (κ1) is 15.3. The van der Waals surface area contributed by atoms with Gasteiger partial charge in [-0.1, -0.05) is 0 Å². The number of aliphatic hydroxyl groups excluding tert-OH is 1. The van der Waals surface area contributed by atoms with Gasteiger partial charge in [-0.3, -0.25) is 9.69 Å². The fourth-order valence-corrected chi connectivity index (χ4v) is 2.55. The van der Waals surface area contributed by atoms with Crippen molar-refractivity contribution in [3.63, 3.8) is 0 Å². The third-order valence-electron chi connectivity index (χ3n) is 3.78. The maximum Gasteiger partial charge on any atom is 0.270 e. The van der Waals surface area contributed by atoms with Crippen molar-refractivity contribution in [3.05, 3.63) is 54.3 Å². The van der Waals surface area contributed by atoms with E-state index >= 15 is 0 Å². The van der Waals surface area contributed by atoms with Gasteiger partial charge in [0.15, 0.2) is 6.10 Å². The number of halogens is 1. The number of β-lactam (4-membered cyclic amide) rings is 1. The lowest BCUT2D eigenvalue weighted by Crippen LogP contribution is -2.68. The van der Waals surface area contributed by atoms with Gasteiger partial charge in [-0.05, 0) is 48.5 Å². The Hall–Kier alpha value is -2.60. The largest absolute Gasteiger partial charge is 0.497 e. The Morgan fingerprint density at radius 1 is 1.09 bits per heavy atom. The molecule has 2 aromatic carbocycles. The Morgan fingerprint density at radius 2 is 1.70 bits per heavy atom. The van der Waals surface area contributed by atoms with Crippen molar-refractivity contribution in [2.45, 2.75) is 12.1 Å². The number of ether oxygens (including phenoxy) is 2. The molecule has 1 aliphatic rings. The van der Waals surface area contributed by atoms with Crippen molar-refractivity contribution in [3.8, 4) is 11.5 Å². The summed E-state index contributed by atoms with van der Waals surface area (Å²) in [5.74, 6) is 0.438. The zero-order valence-corrected chi connectivity index (χ0v) is 12.5. The van der Waals surface area contributed by atoms with Crippen molar-refractivity contribution in [2.75, 3.05) is 18.6 Å². The van der Waals surface area contributed by atoms with Crippen molar-refractivity contribution < 1.29 is 23.8 Å². The average Bonchev–Trinajstić information content (AvgIpc) is 2.59. The average molecular weight is 317 g/mol. The molecule has 0 spiro atoms. The normalized spacial score (nSPS) is 20.1. The topological polar surface area (TPSA) is 59.0 Å². The second-order valence-electron chi connectivity index (χ2n) is 5.15. The number of carbonyl (C=O) groups is 1. The van der Waals surface area contributed by atoms with Gasteiger partial charge in [0, 0.05) is 5.69 Å². The number of methoxy groups -OCH3 is 1. The Morgan fingerprint density at radius 3 is 2.26 bits per heavy atom. The highest BCUT2D eigenvalue weighted by Crippen LogP contribution is 2.32. The minimum Gasteiger partial charge on any atom is -0.497 e. The summed E-state index contributed by atoms with van der Waals surface area (Å²) in [6, 6.07) is 11.9. The molecule has 1 aliphatic heterocycles. The fraction of sp³-hybridized carbons (Fsp3) is 0.235. The third kappa shape index (κ3) is 2.85. The molecule has 0 saturated carbocycles. The van der Waals surface area contributed by atoms with Crippen LogP contribution in [0, 0.1) is 5.82 Å². The van der Waals surface area contributed by atoms with Crippen LogP contribution in [-0.2, 0) is 4.79 Å². The number of amides is 1. The standard InChI is InChI=1S/C17H16FNO4/c1-22-13-8-4-12(5-9-13)19-15(10-20)16(17(19)21)23-14-6-2-11(18)3-7-14/h2-9,15-16,20H,10H2,1H3/t15-,16+/m1/s1. The smallest absolute Gasteiger partial charge is 0.270 e. The molecule has 120 valence electrons. The minimum atomic E-state index is -0.785. The number of benzene rings is 2. The molecule has 6 heteroatoms. The SMILES string of the molecule is COc1ccc(N2C(=O)[C@@H](Oc3ccc(F)cc3)[C@H]2CO)cc1. The van der Waals surface area contributed by atoms with E-state index < -0.39 is 12.1 Å². The van der Waals surface area contributed by atoms with E-state index in [0.29, 0.717) is 17.2 Å². The van der Waals surface area contributed by atoms with Gasteiger partial charge in [0.05, 0.1) is 13.7 Å². The molecule has 1 N–H and O–H groups in total. The maximum atomic E-state index is 12.9. The summed E-state index contributed by atoms with van der Waals surface area (Å²) in [5, 5.41) is 9.57. The molecule has 0 aliphatic carbocycles. The molecule has 5 nitrogen and oxygen atoms in total. The van der Waals surface area contributed by atoms with E-state index in [9.17, 15) is 14.3 Å². The van der Waals surface area contributed by atoms with E-state index in [2.05, 4.69) is 0 Å². The molecule has 1 saturated heterocycles. The van der Waals surface area contributed by atoms with Crippen LogP contribution in [0.4, 0.5) is 10.1 Å². The van der Waals surface area contributed by atoms with Gasteiger partial charge in [-0.2, -0.15) is 0 Å². The molecule has 2 atom stereocenters. The van der Waals surface area contributed by atoms with Crippen molar-refractivity contribution in [1.82, 2.24) is 0 Å². The quantitative estimate of drug-likeness (QED) is 0.857. The molecule has 0 unspecified atom stereocenters. The van der Waals surface area contributed by atoms with E-state index in [1.165, 1.54) is 29.2 Å². The predicted molar refractivity (Wildman–Crippen MR) is 82.2 cm³/mol. The molecule has 1 fully saturated rings. The van der Waals surface area contributed by atoms with E-state index in [0.717, 1.165) is 0 Å². The lowest BCUT2D eigenvalue weighted by atomic mass is 9.97. The van der Waals surface area contributed by atoms with Gasteiger partial charge in [-0.25, -0.2) is 4.39 Å². The summed E-state index contributed by atoms with van der Waals surface area (Å²) in [6.45, 7) is -0.233. The summed E-state index contributed by atoms with van der Waals surface area (Å²) in [6.07, 6.45) is -0.785. The van der Waals surface area contributed by atoms with Crippen LogP contribution in [0.5, 0.6) is 11.5 Å². The van der Waals surface area contributed by atoms with Gasteiger partial charge in [-0.15, -0.1) is 0 Å². The molecule has 2 aromatic rings. The number of aliphatic hydroxyl groups is 1. The van der Waals surface area contributed by atoms with Crippen LogP contribution < -0.4 is 14.4 Å². The Kier molecular flexibility index (Phi) is 4.16. The predicted octanol–water partition coefficient (Wildman–Crippen LogP) is 1.99. The molecular weight excluding hydrogens is 301 g/mol. The molecule has 23 heavy (non-hydrogen) atoms. The molecule has 1 amide bonds. The Labute approximate surface area is 132 Å². The lowest BCUT2D eigenvalue weighted by molar-refractivity contribution is -0.136. The summed E-state index contributed by atoms with van der Waals surface area (Å²) in [7, 11) is 1.56. The first-order valence-corrected chi connectivity index (χ1v) is 7.14. The monoisotopic (exact) mass is 317 g/mol. The number of hydrogen-bond acceptors (Lipinski definition) is 4. The summed E-state index contributed by atoms with van der Waals surface area (Å²) >= 11 is 0. The van der Waals surface area contributed by atoms with Gasteiger partial charge in [0.25, 0.3) is 5.91 Å². The van der Waals surface area contributed by atoms with Crippen molar-refractivity contribution >= 4 is 11.6 Å². The summed E-state index contributed by atoms with van der Waals surface area (Å²) in [5.41, 5.74) is 0.661. The first-order chi connectivity index (χ1) is 11.1. The highest BCUT2D eigenvalue weighted by Gasteiger charge is 2.49. The van der Waals surface area contributed by atoms with E-state index in [4.69, 9.17) is 9.47 Å². The summed E-state index contributed by atoms with van der Waals surface area (Å²) in [4.78, 5) is 13.8. The zero-order chi connectivity index (χ0) is 16.4. The summed E-state index contributed by atoms with van der Waals surface area (Å²) < 4.78 is 23.6. The highest BCUT2D eigenvalue weighted by atomic mass is 19.1. The molecule has 0 bridgehead atoms. The Balaban J connectivity index is 1.75. The fourth-order valence-electron chi connectivity index (χ4n) is 2.55. The van der Waals surface area contributed by atoms with Crippen LogP contribution in [-0.4, -0.2) is 36.9 Å². The number of nitrogens with zero attached hydrogens (tertiary/aromatic N) is 1. The van der Waals surface area contributed by atoms with Crippen molar-refractivity contribution in [2.24, 2.45) is 0 Å². The molecule has 3 rings (SSSR count). The minimum absolute atomic E-state index is 0.233. The molecule has 0 aromatic heterocycles. The number of rotatable bonds is 5. The first-order valence-electron chi connectivity index (χ1n) is 7.14. The van der Waals surface area contributed by atoms with Crippen LogP contribution in [0.3, 0.4) is 0 Å².